The van der Waals surface area contributed by atoms with Gasteiger partial charge in [-0.25, -0.2) is 5.14 Å². The van der Waals surface area contributed by atoms with Gasteiger partial charge in [-0.2, -0.15) is 8.42 Å². The normalized spacial score (nSPS) is 26.0. The molecule has 0 unspecified atom stereocenters. The van der Waals surface area contributed by atoms with Crippen LogP contribution in [0.3, 0.4) is 0 Å². The maximum atomic E-state index is 11.3. The van der Waals surface area contributed by atoms with Gasteiger partial charge in [0.15, 0.2) is 5.79 Å². The van der Waals surface area contributed by atoms with Gasteiger partial charge in [0.1, 0.15) is 12.2 Å². The smallest absolute Gasteiger partial charge is 0.333 e. The second-order valence-corrected chi connectivity index (χ2v) is 7.48. The second kappa shape index (κ2) is 6.96. The van der Waals surface area contributed by atoms with Crippen LogP contribution in [0.2, 0.25) is 0 Å². The molecule has 0 amide bonds. The highest BCUT2D eigenvalue weighted by Gasteiger charge is 2.50. The minimum atomic E-state index is -4.16. The van der Waals surface area contributed by atoms with Gasteiger partial charge in [-0.05, 0) is 18.9 Å². The van der Waals surface area contributed by atoms with Gasteiger partial charge in [0.2, 0.25) is 0 Å². The monoisotopic (exact) mass is 372 g/mol. The molecule has 10 heteroatoms. The van der Waals surface area contributed by atoms with Gasteiger partial charge in [-0.3, -0.25) is 14.3 Å². The van der Waals surface area contributed by atoms with E-state index >= 15 is 0 Å². The van der Waals surface area contributed by atoms with E-state index in [1.54, 1.807) is 18.2 Å². The molecule has 0 bridgehead atoms. The Morgan fingerprint density at radius 2 is 1.92 bits per heavy atom. The Bertz CT molecular complexity index is 746. The van der Waals surface area contributed by atoms with E-state index in [0.29, 0.717) is 18.4 Å². The molecule has 0 aromatic heterocycles. The van der Waals surface area contributed by atoms with Crippen LogP contribution in [0.15, 0.2) is 24.3 Å². The second-order valence-electron chi connectivity index (χ2n) is 6.26. The largest absolute Gasteiger partial charge is 0.341 e. The third-order valence-electron chi connectivity index (χ3n) is 4.50. The van der Waals surface area contributed by atoms with Gasteiger partial charge in [-0.1, -0.05) is 18.6 Å². The lowest BCUT2D eigenvalue weighted by Gasteiger charge is -2.31. The molecule has 1 aliphatic carbocycles. The molecule has 9 nitrogen and oxygen atoms in total. The molecular weight excluding hydrogens is 352 g/mol. The summed E-state index contributed by atoms with van der Waals surface area (Å²) >= 11 is 0. The Hall–Kier alpha value is -1.59. The summed E-state index contributed by atoms with van der Waals surface area (Å²) in [7, 11) is -4.16. The zero-order chi connectivity index (χ0) is 18.1. The van der Waals surface area contributed by atoms with Crippen molar-refractivity contribution in [2.24, 2.45) is 5.14 Å². The number of nitro groups is 1. The molecule has 3 rings (SSSR count). The standard InChI is InChI=1S/C15H20N2O7S/c16-25(20,21)22-10-13-14(11-6-2-3-7-12(11)17(18)19)24-15(23-13)8-4-1-5-9-15/h2-3,6-7,13-14H,1,4-5,8-10H2,(H2,16,20,21)/t13-,14-/m0/s1. The lowest BCUT2D eigenvalue weighted by molar-refractivity contribution is -0.386. The first-order valence-corrected chi connectivity index (χ1v) is 9.53. The Morgan fingerprint density at radius 3 is 2.56 bits per heavy atom. The number of ether oxygens (including phenoxy) is 2. The van der Waals surface area contributed by atoms with Crippen LogP contribution in [0.5, 0.6) is 0 Å². The van der Waals surface area contributed by atoms with Gasteiger partial charge in [-0.15, -0.1) is 0 Å². The highest BCUT2D eigenvalue weighted by molar-refractivity contribution is 7.84. The van der Waals surface area contributed by atoms with Crippen LogP contribution >= 0.6 is 0 Å². The molecule has 1 aliphatic heterocycles. The van der Waals surface area contributed by atoms with Crippen LogP contribution in [-0.4, -0.2) is 31.8 Å². The van der Waals surface area contributed by atoms with Gasteiger partial charge in [0.25, 0.3) is 5.69 Å². The summed E-state index contributed by atoms with van der Waals surface area (Å²) in [6.07, 6.45) is 2.56. The molecule has 1 aromatic rings. The van der Waals surface area contributed by atoms with Crippen LogP contribution in [0.1, 0.15) is 43.8 Å². The number of para-hydroxylation sites is 1. The maximum Gasteiger partial charge on any atom is 0.333 e. The summed E-state index contributed by atoms with van der Waals surface area (Å²) in [5.41, 5.74) is 0.225. The molecule has 1 saturated carbocycles. The Balaban J connectivity index is 1.91. The number of nitro benzene ring substituents is 1. The zero-order valence-electron chi connectivity index (χ0n) is 13.5. The van der Waals surface area contributed by atoms with E-state index in [2.05, 4.69) is 4.18 Å². The highest BCUT2D eigenvalue weighted by atomic mass is 32.2. The fourth-order valence-corrected chi connectivity index (χ4v) is 3.76. The number of nitrogens with two attached hydrogens (primary N) is 1. The van der Waals surface area contributed by atoms with Crippen molar-refractivity contribution in [1.29, 1.82) is 0 Å². The van der Waals surface area contributed by atoms with Gasteiger partial charge in [0, 0.05) is 18.9 Å². The minimum Gasteiger partial charge on any atom is -0.341 e. The first kappa shape index (κ1) is 18.2. The average molecular weight is 372 g/mol. The molecule has 138 valence electrons. The fourth-order valence-electron chi connectivity index (χ4n) is 3.44. The van der Waals surface area contributed by atoms with E-state index in [1.807, 2.05) is 0 Å². The Labute approximate surface area is 145 Å². The number of rotatable bonds is 5. The number of benzene rings is 1. The molecule has 0 radical (unpaired) electrons. The van der Waals surface area contributed by atoms with Crippen LogP contribution in [0.25, 0.3) is 0 Å². The van der Waals surface area contributed by atoms with Crippen molar-refractivity contribution in [3.8, 4) is 0 Å². The third-order valence-corrected chi connectivity index (χ3v) is 4.96. The number of hydrogen-bond acceptors (Lipinski definition) is 7. The average Bonchev–Trinajstić information content (AvgIpc) is 2.91. The predicted octanol–water partition coefficient (Wildman–Crippen LogP) is 1.93. The summed E-state index contributed by atoms with van der Waals surface area (Å²) in [4.78, 5) is 10.8. The molecule has 2 N–H and O–H groups in total. The van der Waals surface area contributed by atoms with Crippen LogP contribution in [0.4, 0.5) is 5.69 Å². The van der Waals surface area contributed by atoms with E-state index in [1.165, 1.54) is 6.07 Å². The molecule has 1 heterocycles. The molecule has 2 fully saturated rings. The van der Waals surface area contributed by atoms with Crippen molar-refractivity contribution in [1.82, 2.24) is 0 Å². The Morgan fingerprint density at radius 1 is 1.24 bits per heavy atom. The first-order valence-electron chi connectivity index (χ1n) is 8.06. The van der Waals surface area contributed by atoms with Crippen LogP contribution < -0.4 is 5.14 Å². The topological polar surface area (TPSA) is 131 Å². The third kappa shape index (κ3) is 4.15. The molecule has 1 saturated heterocycles. The summed E-state index contributed by atoms with van der Waals surface area (Å²) in [5.74, 6) is -0.862. The lowest BCUT2D eigenvalue weighted by Crippen LogP contribution is -2.34. The zero-order valence-corrected chi connectivity index (χ0v) is 14.3. The summed E-state index contributed by atoms with van der Waals surface area (Å²) < 4.78 is 39.0. The van der Waals surface area contributed by atoms with E-state index in [-0.39, 0.29) is 12.3 Å². The fraction of sp³-hybridized carbons (Fsp3) is 0.600. The van der Waals surface area contributed by atoms with Crippen molar-refractivity contribution in [2.45, 2.75) is 50.1 Å². The van der Waals surface area contributed by atoms with E-state index in [9.17, 15) is 18.5 Å². The highest BCUT2D eigenvalue weighted by Crippen LogP contribution is 2.47. The van der Waals surface area contributed by atoms with Crippen molar-refractivity contribution < 1.29 is 27.0 Å². The molecule has 1 aromatic carbocycles. The van der Waals surface area contributed by atoms with E-state index in [0.717, 1.165) is 19.3 Å². The Kier molecular flexibility index (Phi) is 5.07. The quantitative estimate of drug-likeness (QED) is 0.617. The number of nitrogens with zero attached hydrogens (tertiary/aromatic N) is 1. The van der Waals surface area contributed by atoms with Crippen molar-refractivity contribution in [3.05, 3.63) is 39.9 Å². The number of hydrogen-bond donors (Lipinski definition) is 1. The molecule has 1 spiro atoms. The van der Waals surface area contributed by atoms with Crippen molar-refractivity contribution >= 4 is 16.0 Å². The van der Waals surface area contributed by atoms with Crippen molar-refractivity contribution in [3.63, 3.8) is 0 Å². The van der Waals surface area contributed by atoms with Crippen LogP contribution in [-0.2, 0) is 24.0 Å². The minimum absolute atomic E-state index is 0.107. The summed E-state index contributed by atoms with van der Waals surface area (Å²) in [6, 6.07) is 6.18. The molecular formula is C15H20N2O7S. The predicted molar refractivity (Wildman–Crippen MR) is 86.7 cm³/mol. The van der Waals surface area contributed by atoms with E-state index in [4.69, 9.17) is 14.6 Å². The maximum absolute atomic E-state index is 11.3. The van der Waals surface area contributed by atoms with Crippen molar-refractivity contribution in [2.75, 3.05) is 6.61 Å². The summed E-state index contributed by atoms with van der Waals surface area (Å²) in [5, 5.41) is 16.2. The van der Waals surface area contributed by atoms with E-state index < -0.39 is 33.2 Å². The first-order chi connectivity index (χ1) is 11.8. The molecule has 25 heavy (non-hydrogen) atoms. The van der Waals surface area contributed by atoms with Gasteiger partial charge < -0.3 is 9.47 Å². The SMILES string of the molecule is NS(=O)(=O)OC[C@@H]1OC2(CCCCC2)O[C@H]1c1ccccc1[N+](=O)[O-]. The lowest BCUT2D eigenvalue weighted by atomic mass is 9.94. The van der Waals surface area contributed by atoms with Crippen LogP contribution in [0, 0.1) is 10.1 Å². The molecule has 2 atom stereocenters. The van der Waals surface area contributed by atoms with Gasteiger partial charge >= 0.3 is 10.3 Å². The molecule has 2 aliphatic rings. The van der Waals surface area contributed by atoms with Gasteiger partial charge in [0.05, 0.1) is 17.1 Å². The summed E-state index contributed by atoms with van der Waals surface area (Å²) in [6.45, 7) is -0.364.